The number of carbonyl (C=O) groups is 1. The molecule has 0 amide bonds. The smallest absolute Gasteiger partial charge is 0.164 e. The number of aryl methyl sites for hydroxylation is 1. The normalized spacial score (nSPS) is 23.7. The summed E-state index contributed by atoms with van der Waals surface area (Å²) in [6, 6.07) is 9.22. The van der Waals surface area contributed by atoms with Crippen molar-refractivity contribution in [3.05, 3.63) is 35.4 Å². The quantitative estimate of drug-likeness (QED) is 0.749. The minimum atomic E-state index is 0.284. The zero-order valence-electron chi connectivity index (χ0n) is 12.4. The van der Waals surface area contributed by atoms with Gasteiger partial charge in [-0.2, -0.15) is 0 Å². The average Bonchev–Trinajstić information content (AvgIpc) is 2.77. The van der Waals surface area contributed by atoms with Crippen LogP contribution in [0.5, 0.6) is 0 Å². The van der Waals surface area contributed by atoms with Gasteiger partial charge in [0, 0.05) is 30.6 Å². The van der Waals surface area contributed by atoms with Gasteiger partial charge in [0.05, 0.1) is 0 Å². The number of benzene rings is 1. The maximum Gasteiger partial charge on any atom is 0.164 e. The van der Waals surface area contributed by atoms with Crippen molar-refractivity contribution < 1.29 is 4.79 Å². The van der Waals surface area contributed by atoms with Crippen LogP contribution >= 0.6 is 0 Å². The minimum absolute atomic E-state index is 0.284. The second-order valence-electron chi connectivity index (χ2n) is 5.71. The van der Waals surface area contributed by atoms with E-state index in [9.17, 15) is 4.79 Å². The zero-order chi connectivity index (χ0) is 13.8. The van der Waals surface area contributed by atoms with Gasteiger partial charge in [-0.3, -0.25) is 9.69 Å². The molecule has 104 valence electrons. The van der Waals surface area contributed by atoms with Crippen molar-refractivity contribution in [2.45, 2.75) is 58.5 Å². The van der Waals surface area contributed by atoms with E-state index < -0.39 is 0 Å². The molecule has 0 spiro atoms. The highest BCUT2D eigenvalue weighted by atomic mass is 16.1. The molecule has 1 aliphatic rings. The van der Waals surface area contributed by atoms with Crippen LogP contribution in [0.15, 0.2) is 24.3 Å². The van der Waals surface area contributed by atoms with E-state index in [1.165, 1.54) is 19.3 Å². The lowest BCUT2D eigenvalue weighted by molar-refractivity contribution is 0.0948. The van der Waals surface area contributed by atoms with Crippen molar-refractivity contribution in [2.24, 2.45) is 0 Å². The molecule has 2 heteroatoms. The van der Waals surface area contributed by atoms with Gasteiger partial charge in [0.15, 0.2) is 5.78 Å². The maximum atomic E-state index is 12.3. The molecule has 1 saturated heterocycles. The van der Waals surface area contributed by atoms with Gasteiger partial charge in [-0.15, -0.1) is 0 Å². The van der Waals surface area contributed by atoms with Crippen LogP contribution in [0, 0.1) is 6.92 Å². The number of rotatable bonds is 5. The summed E-state index contributed by atoms with van der Waals surface area (Å²) in [5.41, 5.74) is 1.98. The van der Waals surface area contributed by atoms with Crippen LogP contribution in [0.2, 0.25) is 0 Å². The summed E-state index contributed by atoms with van der Waals surface area (Å²) in [5, 5.41) is 0. The predicted molar refractivity (Wildman–Crippen MR) is 79.6 cm³/mol. The third-order valence-corrected chi connectivity index (χ3v) is 4.47. The third-order valence-electron chi connectivity index (χ3n) is 4.47. The molecule has 0 bridgehead atoms. The van der Waals surface area contributed by atoms with Crippen molar-refractivity contribution >= 4 is 5.78 Å². The maximum absolute atomic E-state index is 12.3. The largest absolute Gasteiger partial charge is 0.297 e. The molecule has 2 unspecified atom stereocenters. The molecule has 0 N–H and O–H groups in total. The first-order valence-corrected chi connectivity index (χ1v) is 7.48. The summed E-state index contributed by atoms with van der Waals surface area (Å²) in [6.07, 6.45) is 4.40. The van der Waals surface area contributed by atoms with Crippen LogP contribution in [-0.2, 0) is 0 Å². The van der Waals surface area contributed by atoms with Crippen LogP contribution < -0.4 is 0 Å². The number of ketones is 1. The average molecular weight is 259 g/mol. The van der Waals surface area contributed by atoms with Crippen LogP contribution in [0.1, 0.15) is 55.5 Å². The molecule has 0 saturated carbocycles. The summed E-state index contributed by atoms with van der Waals surface area (Å²) >= 11 is 0. The Hall–Kier alpha value is -1.15. The first-order valence-electron chi connectivity index (χ1n) is 7.48. The molecule has 0 aromatic heterocycles. The highest BCUT2D eigenvalue weighted by Gasteiger charge is 2.29. The van der Waals surface area contributed by atoms with Gasteiger partial charge in [0.2, 0.25) is 0 Å². The molecule has 1 heterocycles. The molecule has 1 aromatic rings. The van der Waals surface area contributed by atoms with Gasteiger partial charge < -0.3 is 0 Å². The number of hydrogen-bond donors (Lipinski definition) is 0. The van der Waals surface area contributed by atoms with Crippen molar-refractivity contribution in [1.29, 1.82) is 0 Å². The first-order chi connectivity index (χ1) is 9.13. The lowest BCUT2D eigenvalue weighted by Gasteiger charge is -2.27. The number of Topliss-reactive ketones (excluding diaryl/α,β-unsaturated/α-hetero) is 1. The van der Waals surface area contributed by atoms with Gasteiger partial charge in [-0.1, -0.05) is 31.2 Å². The fourth-order valence-corrected chi connectivity index (χ4v) is 3.22. The van der Waals surface area contributed by atoms with Gasteiger partial charge in [-0.05, 0) is 38.7 Å². The summed E-state index contributed by atoms with van der Waals surface area (Å²) in [6.45, 7) is 7.46. The highest BCUT2D eigenvalue weighted by Crippen LogP contribution is 2.26. The SMILES string of the molecule is CCC1CCC(C)N1CCC(=O)c1ccccc1C. The number of likely N-dealkylation sites (tertiary alicyclic amines) is 1. The fourth-order valence-electron chi connectivity index (χ4n) is 3.22. The second-order valence-corrected chi connectivity index (χ2v) is 5.71. The van der Waals surface area contributed by atoms with Gasteiger partial charge in [0.1, 0.15) is 0 Å². The molecular weight excluding hydrogens is 234 g/mol. The number of nitrogens with zero attached hydrogens (tertiary/aromatic N) is 1. The summed E-state index contributed by atoms with van der Waals surface area (Å²) < 4.78 is 0. The van der Waals surface area contributed by atoms with E-state index in [4.69, 9.17) is 0 Å². The molecular formula is C17H25NO. The van der Waals surface area contributed by atoms with E-state index in [0.717, 1.165) is 17.7 Å². The summed E-state index contributed by atoms with van der Waals surface area (Å²) in [5.74, 6) is 0.284. The molecule has 2 atom stereocenters. The Kier molecular flexibility index (Phi) is 4.76. The fraction of sp³-hybridized carbons (Fsp3) is 0.588. The molecule has 0 aliphatic carbocycles. The molecule has 19 heavy (non-hydrogen) atoms. The Morgan fingerprint density at radius 3 is 2.74 bits per heavy atom. The Balaban J connectivity index is 1.95. The number of carbonyl (C=O) groups excluding carboxylic acids is 1. The van der Waals surface area contributed by atoms with Gasteiger partial charge in [-0.25, -0.2) is 0 Å². The lowest BCUT2D eigenvalue weighted by atomic mass is 10.0. The highest BCUT2D eigenvalue weighted by molar-refractivity contribution is 5.97. The second kappa shape index (κ2) is 6.33. The van der Waals surface area contributed by atoms with Crippen LogP contribution in [0.3, 0.4) is 0 Å². The monoisotopic (exact) mass is 259 g/mol. The van der Waals surface area contributed by atoms with Crippen molar-refractivity contribution in [3.63, 3.8) is 0 Å². The van der Waals surface area contributed by atoms with E-state index in [-0.39, 0.29) is 5.78 Å². The van der Waals surface area contributed by atoms with E-state index in [1.54, 1.807) is 0 Å². The standard InChI is InChI=1S/C17H25NO/c1-4-15-10-9-14(3)18(15)12-11-17(19)16-8-6-5-7-13(16)2/h5-8,14-15H,4,9-12H2,1-3H3. The third kappa shape index (κ3) is 3.24. The molecule has 1 aliphatic heterocycles. The Morgan fingerprint density at radius 1 is 1.32 bits per heavy atom. The van der Waals surface area contributed by atoms with E-state index in [2.05, 4.69) is 18.7 Å². The molecule has 0 radical (unpaired) electrons. The van der Waals surface area contributed by atoms with E-state index in [0.29, 0.717) is 18.5 Å². The predicted octanol–water partition coefficient (Wildman–Crippen LogP) is 3.83. The molecule has 2 rings (SSSR count). The molecule has 1 aromatic carbocycles. The van der Waals surface area contributed by atoms with Gasteiger partial charge >= 0.3 is 0 Å². The zero-order valence-corrected chi connectivity index (χ0v) is 12.4. The van der Waals surface area contributed by atoms with Crippen molar-refractivity contribution in [2.75, 3.05) is 6.54 Å². The lowest BCUT2D eigenvalue weighted by Crippen LogP contribution is -2.35. The van der Waals surface area contributed by atoms with E-state index >= 15 is 0 Å². The Labute approximate surface area is 116 Å². The van der Waals surface area contributed by atoms with Gasteiger partial charge in [0.25, 0.3) is 0 Å². The Morgan fingerprint density at radius 2 is 2.05 bits per heavy atom. The Bertz CT molecular complexity index is 441. The molecule has 2 nitrogen and oxygen atoms in total. The summed E-state index contributed by atoms with van der Waals surface area (Å²) in [7, 11) is 0. The van der Waals surface area contributed by atoms with E-state index in [1.807, 2.05) is 31.2 Å². The van der Waals surface area contributed by atoms with Crippen molar-refractivity contribution in [1.82, 2.24) is 4.90 Å². The first kappa shape index (κ1) is 14.3. The van der Waals surface area contributed by atoms with Crippen LogP contribution in [0.4, 0.5) is 0 Å². The minimum Gasteiger partial charge on any atom is -0.297 e. The summed E-state index contributed by atoms with van der Waals surface area (Å²) in [4.78, 5) is 14.8. The molecule has 1 fully saturated rings. The topological polar surface area (TPSA) is 20.3 Å². The van der Waals surface area contributed by atoms with Crippen LogP contribution in [-0.4, -0.2) is 29.3 Å². The number of hydrogen-bond acceptors (Lipinski definition) is 2. The van der Waals surface area contributed by atoms with Crippen LogP contribution in [0.25, 0.3) is 0 Å². The van der Waals surface area contributed by atoms with Crippen molar-refractivity contribution in [3.8, 4) is 0 Å².